The Balaban J connectivity index is 1.67. The highest BCUT2D eigenvalue weighted by Gasteiger charge is 2.28. The van der Waals surface area contributed by atoms with Crippen LogP contribution < -0.4 is 19.7 Å². The Hall–Kier alpha value is -2.58. The van der Waals surface area contributed by atoms with Crippen molar-refractivity contribution in [3.8, 4) is 11.5 Å². The summed E-state index contributed by atoms with van der Waals surface area (Å²) in [5.41, 5.74) is 3.57. The van der Waals surface area contributed by atoms with Crippen molar-refractivity contribution < 1.29 is 22.7 Å². The lowest BCUT2D eigenvalue weighted by atomic mass is 10.2. The number of para-hydroxylation sites is 2. The Labute approximate surface area is 146 Å². The van der Waals surface area contributed by atoms with Gasteiger partial charge in [0.05, 0.1) is 4.90 Å². The molecule has 3 rings (SSSR count). The van der Waals surface area contributed by atoms with Crippen LogP contribution in [0.3, 0.4) is 0 Å². The van der Waals surface area contributed by atoms with E-state index in [1.165, 1.54) is 0 Å². The summed E-state index contributed by atoms with van der Waals surface area (Å²) in [6, 6.07) is 12.0. The number of sulfonamides is 1. The van der Waals surface area contributed by atoms with E-state index >= 15 is 0 Å². The summed E-state index contributed by atoms with van der Waals surface area (Å²) in [7, 11) is -3.89. The Morgan fingerprint density at radius 2 is 1.84 bits per heavy atom. The fourth-order valence-electron chi connectivity index (χ4n) is 2.40. The van der Waals surface area contributed by atoms with Crippen molar-refractivity contribution >= 4 is 15.9 Å². The molecule has 132 valence electrons. The first kappa shape index (κ1) is 17.2. The van der Waals surface area contributed by atoms with E-state index in [9.17, 15) is 13.2 Å². The molecule has 2 aromatic rings. The molecule has 0 aromatic heterocycles. The number of amides is 1. The predicted molar refractivity (Wildman–Crippen MR) is 90.7 cm³/mol. The van der Waals surface area contributed by atoms with Crippen molar-refractivity contribution in [3.63, 3.8) is 0 Å². The molecule has 8 heteroatoms. The number of benzene rings is 2. The quantitative estimate of drug-likeness (QED) is 0.803. The first-order valence-corrected chi connectivity index (χ1v) is 9.12. The van der Waals surface area contributed by atoms with Crippen LogP contribution in [0, 0.1) is 13.8 Å². The SMILES string of the molecule is Cc1ccc(C)c(S(=O)(=O)NNC(=O)[C@@H]2COc3ccccc3O2)c1. The number of hydrogen-bond acceptors (Lipinski definition) is 5. The van der Waals surface area contributed by atoms with Crippen LogP contribution in [0.5, 0.6) is 11.5 Å². The first-order valence-electron chi connectivity index (χ1n) is 7.64. The molecule has 2 N–H and O–H groups in total. The Kier molecular flexibility index (Phi) is 4.65. The minimum atomic E-state index is -3.89. The van der Waals surface area contributed by atoms with Gasteiger partial charge in [-0.1, -0.05) is 24.3 Å². The molecular weight excluding hydrogens is 344 g/mol. The summed E-state index contributed by atoms with van der Waals surface area (Å²) in [5, 5.41) is 0. The monoisotopic (exact) mass is 362 g/mol. The Morgan fingerprint density at radius 1 is 1.12 bits per heavy atom. The van der Waals surface area contributed by atoms with Crippen molar-refractivity contribution in [1.29, 1.82) is 0 Å². The van der Waals surface area contributed by atoms with Crippen molar-refractivity contribution in [3.05, 3.63) is 53.6 Å². The van der Waals surface area contributed by atoms with E-state index in [0.717, 1.165) is 5.56 Å². The maximum absolute atomic E-state index is 12.4. The number of aryl methyl sites for hydroxylation is 2. The van der Waals surface area contributed by atoms with Gasteiger partial charge < -0.3 is 9.47 Å². The smallest absolute Gasteiger partial charge is 0.279 e. The van der Waals surface area contributed by atoms with Gasteiger partial charge in [-0.2, -0.15) is 0 Å². The van der Waals surface area contributed by atoms with Gasteiger partial charge in [-0.05, 0) is 43.2 Å². The number of ether oxygens (including phenoxy) is 2. The van der Waals surface area contributed by atoms with Gasteiger partial charge in [-0.3, -0.25) is 10.2 Å². The average molecular weight is 362 g/mol. The lowest BCUT2D eigenvalue weighted by molar-refractivity contribution is -0.130. The molecule has 2 aromatic carbocycles. The van der Waals surface area contributed by atoms with Gasteiger partial charge in [0.1, 0.15) is 6.61 Å². The Morgan fingerprint density at radius 3 is 2.60 bits per heavy atom. The lowest BCUT2D eigenvalue weighted by Gasteiger charge is -2.25. The number of nitrogens with one attached hydrogen (secondary N) is 2. The van der Waals surface area contributed by atoms with Gasteiger partial charge in [0.2, 0.25) is 6.10 Å². The van der Waals surface area contributed by atoms with Crippen LogP contribution in [0.25, 0.3) is 0 Å². The number of hydrogen-bond donors (Lipinski definition) is 2. The fraction of sp³-hybridized carbons (Fsp3) is 0.235. The van der Waals surface area contributed by atoms with Crippen molar-refractivity contribution in [2.45, 2.75) is 24.8 Å². The van der Waals surface area contributed by atoms with Gasteiger partial charge >= 0.3 is 0 Å². The minimum absolute atomic E-state index is 0.00591. The molecule has 7 nitrogen and oxygen atoms in total. The van der Waals surface area contributed by atoms with Crippen LogP contribution >= 0.6 is 0 Å². The summed E-state index contributed by atoms with van der Waals surface area (Å²) < 4.78 is 35.8. The topological polar surface area (TPSA) is 93.7 Å². The highest BCUT2D eigenvalue weighted by Crippen LogP contribution is 2.30. The van der Waals surface area contributed by atoms with E-state index in [2.05, 4.69) is 10.3 Å². The highest BCUT2D eigenvalue weighted by molar-refractivity contribution is 7.89. The zero-order valence-electron chi connectivity index (χ0n) is 13.8. The van der Waals surface area contributed by atoms with Crippen molar-refractivity contribution in [2.75, 3.05) is 6.61 Å². The van der Waals surface area contributed by atoms with Crippen molar-refractivity contribution in [1.82, 2.24) is 10.3 Å². The number of carbonyl (C=O) groups is 1. The maximum Gasteiger partial charge on any atom is 0.279 e. The molecule has 0 unspecified atom stereocenters. The molecule has 1 heterocycles. The molecule has 1 aliphatic heterocycles. The predicted octanol–water partition coefficient (Wildman–Crippen LogP) is 1.45. The summed E-state index contributed by atoms with van der Waals surface area (Å²) in [4.78, 5) is 14.4. The van der Waals surface area contributed by atoms with Crippen LogP contribution in [-0.4, -0.2) is 27.0 Å². The van der Waals surface area contributed by atoms with Gasteiger partial charge in [-0.25, -0.2) is 8.42 Å². The molecule has 1 atom stereocenters. The zero-order chi connectivity index (χ0) is 18.0. The molecule has 25 heavy (non-hydrogen) atoms. The molecular formula is C17H18N2O5S. The molecule has 0 spiro atoms. The summed E-state index contributed by atoms with van der Waals surface area (Å²) in [6.07, 6.45) is -0.948. The molecule has 0 radical (unpaired) electrons. The third-order valence-corrected chi connectivity index (χ3v) is 5.13. The second-order valence-electron chi connectivity index (χ2n) is 5.73. The van der Waals surface area contributed by atoms with Crippen molar-refractivity contribution in [2.24, 2.45) is 0 Å². The summed E-state index contributed by atoms with van der Waals surface area (Å²) >= 11 is 0. The third kappa shape index (κ3) is 3.75. The standard InChI is InChI=1S/C17H18N2O5S/c1-11-7-8-12(2)16(9-11)25(21,22)19-18-17(20)15-10-23-13-5-3-4-6-14(13)24-15/h3-9,15,19H,10H2,1-2H3,(H,18,20)/t15-/m0/s1. The molecule has 0 aliphatic carbocycles. The number of rotatable bonds is 4. The first-order chi connectivity index (χ1) is 11.9. The summed E-state index contributed by atoms with van der Waals surface area (Å²) in [6.45, 7) is 3.47. The van der Waals surface area contributed by atoms with Crippen LogP contribution in [0.15, 0.2) is 47.4 Å². The van der Waals surface area contributed by atoms with Crippen LogP contribution in [0.2, 0.25) is 0 Å². The Bertz CT molecular complexity index is 911. The largest absolute Gasteiger partial charge is 0.485 e. The molecule has 0 saturated heterocycles. The second-order valence-corrected chi connectivity index (χ2v) is 7.38. The molecule has 0 saturated carbocycles. The van der Waals surface area contributed by atoms with Crippen LogP contribution in [0.4, 0.5) is 0 Å². The van der Waals surface area contributed by atoms with E-state index in [-0.39, 0.29) is 11.5 Å². The number of fused-ring (bicyclic) bond motifs is 1. The molecule has 1 amide bonds. The van der Waals surface area contributed by atoms with Crippen LogP contribution in [-0.2, 0) is 14.8 Å². The molecule has 1 aliphatic rings. The third-order valence-electron chi connectivity index (χ3n) is 3.74. The van der Waals surface area contributed by atoms with Gasteiger partial charge in [-0.15, -0.1) is 4.83 Å². The fourth-order valence-corrected chi connectivity index (χ4v) is 3.58. The highest BCUT2D eigenvalue weighted by atomic mass is 32.2. The van der Waals surface area contributed by atoms with Gasteiger partial charge in [0, 0.05) is 0 Å². The zero-order valence-corrected chi connectivity index (χ0v) is 14.6. The molecule has 0 fully saturated rings. The van der Waals surface area contributed by atoms with E-state index in [0.29, 0.717) is 17.1 Å². The minimum Gasteiger partial charge on any atom is -0.485 e. The molecule has 0 bridgehead atoms. The number of carbonyl (C=O) groups excluding carboxylic acids is 1. The van der Waals surface area contributed by atoms with E-state index < -0.39 is 22.0 Å². The van der Waals surface area contributed by atoms with Crippen LogP contribution in [0.1, 0.15) is 11.1 Å². The average Bonchev–Trinajstić information content (AvgIpc) is 2.61. The van der Waals surface area contributed by atoms with E-state index in [1.807, 2.05) is 6.07 Å². The van der Waals surface area contributed by atoms with Gasteiger partial charge in [0.15, 0.2) is 11.5 Å². The number of hydrazine groups is 1. The normalized spacial score (nSPS) is 16.3. The van der Waals surface area contributed by atoms with E-state index in [1.54, 1.807) is 50.2 Å². The maximum atomic E-state index is 12.4. The van der Waals surface area contributed by atoms with Gasteiger partial charge in [0.25, 0.3) is 15.9 Å². The lowest BCUT2D eigenvalue weighted by Crippen LogP contribution is -2.50. The second kappa shape index (κ2) is 6.73. The van der Waals surface area contributed by atoms with E-state index in [4.69, 9.17) is 9.47 Å². The summed E-state index contributed by atoms with van der Waals surface area (Å²) in [5.74, 6) is 0.345.